The molecule has 0 aromatic heterocycles. The van der Waals surface area contributed by atoms with Gasteiger partial charge in [0.1, 0.15) is 0 Å². The maximum atomic E-state index is 12.4. The maximum absolute atomic E-state index is 12.4. The molecule has 1 N–H and O–H groups in total. The molecule has 30 heavy (non-hydrogen) atoms. The molecule has 168 valence electrons. The molecule has 0 aromatic carbocycles. The van der Waals surface area contributed by atoms with Crippen molar-refractivity contribution in [2.75, 3.05) is 39.2 Å². The highest BCUT2D eigenvalue weighted by molar-refractivity contribution is 8.00. The van der Waals surface area contributed by atoms with Gasteiger partial charge in [0, 0.05) is 18.4 Å². The lowest BCUT2D eigenvalue weighted by atomic mass is 9.53. The van der Waals surface area contributed by atoms with E-state index in [1.807, 2.05) is 6.26 Å². The lowest BCUT2D eigenvalue weighted by molar-refractivity contribution is -0.139. The van der Waals surface area contributed by atoms with Gasteiger partial charge in [0.05, 0.1) is 38.2 Å². The van der Waals surface area contributed by atoms with Gasteiger partial charge < -0.3 is 14.8 Å². The van der Waals surface area contributed by atoms with Crippen LogP contribution in [0.15, 0.2) is 0 Å². The van der Waals surface area contributed by atoms with E-state index in [2.05, 4.69) is 5.32 Å². The molecule has 1 saturated heterocycles. The standard InChI is InChI=1S/C22H34N2O5S/c1-30-18-11-20(26)24(21(18)27)3-5-29-7-6-28-4-2-19(25)23-22-12-15-8-16(13-22)10-17(9-15)14-22/h15-18H,2-14H2,1H3,(H,23,25). The predicted octanol–water partition coefficient (Wildman–Crippen LogP) is 1.99. The van der Waals surface area contributed by atoms with Crippen LogP contribution in [0.2, 0.25) is 0 Å². The van der Waals surface area contributed by atoms with Crippen molar-refractivity contribution in [3.8, 4) is 0 Å². The molecule has 1 unspecified atom stereocenters. The van der Waals surface area contributed by atoms with Gasteiger partial charge in [0.2, 0.25) is 17.7 Å². The topological polar surface area (TPSA) is 84.9 Å². The highest BCUT2D eigenvalue weighted by Gasteiger charge is 2.51. The first-order valence-electron chi connectivity index (χ1n) is 11.3. The minimum absolute atomic E-state index is 0.0642. The van der Waals surface area contributed by atoms with E-state index in [0.29, 0.717) is 39.4 Å². The second-order valence-electron chi connectivity index (χ2n) is 9.53. The van der Waals surface area contributed by atoms with Crippen LogP contribution in [0.1, 0.15) is 51.4 Å². The highest BCUT2D eigenvalue weighted by atomic mass is 32.2. The molecule has 1 atom stereocenters. The van der Waals surface area contributed by atoms with Gasteiger partial charge in [0.25, 0.3) is 0 Å². The van der Waals surface area contributed by atoms with Crippen molar-refractivity contribution < 1.29 is 23.9 Å². The smallest absolute Gasteiger partial charge is 0.242 e. The normalized spacial score (nSPS) is 34.8. The van der Waals surface area contributed by atoms with E-state index in [-0.39, 0.29) is 34.9 Å². The molecule has 1 heterocycles. The van der Waals surface area contributed by atoms with Crippen LogP contribution in [0.5, 0.6) is 0 Å². The number of thioether (sulfide) groups is 1. The van der Waals surface area contributed by atoms with Crippen LogP contribution >= 0.6 is 11.8 Å². The van der Waals surface area contributed by atoms with Gasteiger partial charge in [-0.15, -0.1) is 0 Å². The van der Waals surface area contributed by atoms with Crippen LogP contribution in [0.4, 0.5) is 0 Å². The van der Waals surface area contributed by atoms with Crippen LogP contribution in [-0.4, -0.2) is 72.6 Å². The van der Waals surface area contributed by atoms with Crippen molar-refractivity contribution in [3.63, 3.8) is 0 Å². The number of likely N-dealkylation sites (tertiary alicyclic amines) is 1. The Kier molecular flexibility index (Phi) is 7.05. The number of nitrogens with zero attached hydrogens (tertiary/aromatic N) is 1. The van der Waals surface area contributed by atoms with Gasteiger partial charge >= 0.3 is 0 Å². The van der Waals surface area contributed by atoms with Crippen LogP contribution in [0.25, 0.3) is 0 Å². The van der Waals surface area contributed by atoms with E-state index in [0.717, 1.165) is 17.8 Å². The summed E-state index contributed by atoms with van der Waals surface area (Å²) in [6.45, 7) is 1.79. The molecule has 5 rings (SSSR count). The Morgan fingerprint density at radius 3 is 2.20 bits per heavy atom. The number of amides is 3. The summed E-state index contributed by atoms with van der Waals surface area (Å²) in [5.41, 5.74) is 0.0642. The molecule has 3 amide bonds. The third kappa shape index (κ3) is 5.02. The summed E-state index contributed by atoms with van der Waals surface area (Å²) in [5, 5.41) is 3.12. The van der Waals surface area contributed by atoms with Gasteiger partial charge in [-0.25, -0.2) is 0 Å². The zero-order chi connectivity index (χ0) is 21.1. The molecule has 0 radical (unpaired) electrons. The summed E-state index contributed by atoms with van der Waals surface area (Å²) in [4.78, 5) is 37.6. The Hall–Kier alpha value is -1.12. The molecule has 8 heteroatoms. The quantitative estimate of drug-likeness (QED) is 0.392. The molecule has 4 saturated carbocycles. The molecule has 5 fully saturated rings. The van der Waals surface area contributed by atoms with Gasteiger partial charge in [0.15, 0.2) is 0 Å². The van der Waals surface area contributed by atoms with Crippen LogP contribution in [0.3, 0.4) is 0 Å². The fourth-order valence-corrected chi connectivity index (χ4v) is 6.97. The molecule has 0 spiro atoms. The van der Waals surface area contributed by atoms with Crippen LogP contribution < -0.4 is 5.32 Å². The summed E-state index contributed by atoms with van der Waals surface area (Å²) in [6, 6.07) is 0. The minimum Gasteiger partial charge on any atom is -0.379 e. The summed E-state index contributed by atoms with van der Waals surface area (Å²) >= 11 is 1.41. The molecule has 4 aliphatic carbocycles. The number of ether oxygens (including phenoxy) is 2. The first-order chi connectivity index (χ1) is 14.5. The Bertz CT molecular complexity index is 635. The van der Waals surface area contributed by atoms with E-state index in [4.69, 9.17) is 9.47 Å². The maximum Gasteiger partial charge on any atom is 0.242 e. The van der Waals surface area contributed by atoms with Gasteiger partial charge in [-0.2, -0.15) is 11.8 Å². The number of imide groups is 1. The van der Waals surface area contributed by atoms with Gasteiger partial charge in [-0.05, 0) is 62.5 Å². The largest absolute Gasteiger partial charge is 0.379 e. The van der Waals surface area contributed by atoms with Gasteiger partial charge in [-0.3, -0.25) is 19.3 Å². The van der Waals surface area contributed by atoms with E-state index in [9.17, 15) is 14.4 Å². The molecule has 5 aliphatic rings. The number of hydrogen-bond donors (Lipinski definition) is 1. The minimum atomic E-state index is -0.245. The molecule has 4 bridgehead atoms. The lowest BCUT2D eigenvalue weighted by Gasteiger charge is -2.56. The average Bonchev–Trinajstić information content (AvgIpc) is 2.95. The van der Waals surface area contributed by atoms with Crippen molar-refractivity contribution in [1.29, 1.82) is 0 Å². The van der Waals surface area contributed by atoms with Crippen LogP contribution in [-0.2, 0) is 23.9 Å². The Balaban J connectivity index is 1.05. The second kappa shape index (κ2) is 9.57. The summed E-state index contributed by atoms with van der Waals surface area (Å²) in [6.07, 6.45) is 10.1. The third-order valence-electron chi connectivity index (χ3n) is 7.23. The molecular formula is C22H34N2O5S. The zero-order valence-electron chi connectivity index (χ0n) is 17.9. The summed E-state index contributed by atoms with van der Waals surface area (Å²) in [5.74, 6) is 2.34. The lowest BCUT2D eigenvalue weighted by Crippen LogP contribution is -2.59. The number of nitrogens with one attached hydrogen (secondary N) is 1. The highest BCUT2D eigenvalue weighted by Crippen LogP contribution is 2.55. The Labute approximate surface area is 183 Å². The third-order valence-corrected chi connectivity index (χ3v) is 8.17. The average molecular weight is 439 g/mol. The van der Waals surface area contributed by atoms with E-state index >= 15 is 0 Å². The van der Waals surface area contributed by atoms with E-state index in [1.54, 1.807) is 0 Å². The Morgan fingerprint density at radius 1 is 1.03 bits per heavy atom. The molecular weight excluding hydrogens is 404 g/mol. The second-order valence-corrected chi connectivity index (χ2v) is 10.6. The van der Waals surface area contributed by atoms with E-state index < -0.39 is 0 Å². The van der Waals surface area contributed by atoms with Crippen molar-refractivity contribution in [3.05, 3.63) is 0 Å². The summed E-state index contributed by atoms with van der Waals surface area (Å²) < 4.78 is 11.0. The number of carbonyl (C=O) groups excluding carboxylic acids is 3. The van der Waals surface area contributed by atoms with Crippen molar-refractivity contribution in [2.45, 2.75) is 62.2 Å². The van der Waals surface area contributed by atoms with E-state index in [1.165, 1.54) is 55.2 Å². The van der Waals surface area contributed by atoms with Gasteiger partial charge in [-0.1, -0.05) is 0 Å². The van der Waals surface area contributed by atoms with Crippen molar-refractivity contribution >= 4 is 29.5 Å². The van der Waals surface area contributed by atoms with Crippen molar-refractivity contribution in [2.24, 2.45) is 17.8 Å². The molecule has 0 aromatic rings. The summed E-state index contributed by atoms with van der Waals surface area (Å²) in [7, 11) is 0. The van der Waals surface area contributed by atoms with Crippen LogP contribution in [0, 0.1) is 17.8 Å². The fraction of sp³-hybridized carbons (Fsp3) is 0.864. The predicted molar refractivity (Wildman–Crippen MR) is 114 cm³/mol. The molecule has 7 nitrogen and oxygen atoms in total. The zero-order valence-corrected chi connectivity index (χ0v) is 18.7. The van der Waals surface area contributed by atoms with Crippen molar-refractivity contribution in [1.82, 2.24) is 10.2 Å². The SMILES string of the molecule is CSC1CC(=O)N(CCOCCOCCC(=O)NC23CC4CC(CC(C4)C2)C3)C1=O. The fourth-order valence-electron chi connectivity index (χ4n) is 6.34. The Morgan fingerprint density at radius 2 is 1.63 bits per heavy atom. The first kappa shape index (κ1) is 22.1. The number of rotatable bonds is 11. The first-order valence-corrected chi connectivity index (χ1v) is 12.6. The number of carbonyl (C=O) groups is 3. The molecule has 1 aliphatic heterocycles. The number of hydrogen-bond acceptors (Lipinski definition) is 6. The monoisotopic (exact) mass is 438 g/mol.